The normalized spacial score (nSPS) is 17.1. The lowest BCUT2D eigenvalue weighted by Gasteiger charge is -2.13. The van der Waals surface area contributed by atoms with Crippen molar-refractivity contribution in [1.29, 1.82) is 0 Å². The Balaban J connectivity index is 1.68. The first-order valence-corrected chi connectivity index (χ1v) is 9.83. The fourth-order valence-corrected chi connectivity index (χ4v) is 3.94. The minimum absolute atomic E-state index is 0.0578. The van der Waals surface area contributed by atoms with E-state index < -0.39 is 10.0 Å². The first-order valence-electron chi connectivity index (χ1n) is 8.34. The molecule has 0 radical (unpaired) electrons. The molecule has 26 heavy (non-hydrogen) atoms. The van der Waals surface area contributed by atoms with E-state index in [1.807, 2.05) is 6.92 Å². The van der Waals surface area contributed by atoms with E-state index in [9.17, 15) is 8.42 Å². The molecule has 1 aliphatic rings. The fourth-order valence-electron chi connectivity index (χ4n) is 2.69. The third-order valence-corrected chi connectivity index (χ3v) is 5.42. The van der Waals surface area contributed by atoms with Gasteiger partial charge in [0.25, 0.3) is 10.0 Å². The average Bonchev–Trinajstić information content (AvgIpc) is 3.14. The smallest absolute Gasteiger partial charge is 0.266 e. The molecule has 1 aromatic carbocycles. The van der Waals surface area contributed by atoms with Gasteiger partial charge in [0, 0.05) is 13.2 Å². The van der Waals surface area contributed by atoms with Crippen LogP contribution < -0.4 is 14.8 Å². The van der Waals surface area contributed by atoms with Crippen LogP contribution in [0.5, 0.6) is 5.75 Å². The zero-order chi connectivity index (χ0) is 18.6. The maximum atomic E-state index is 12.6. The van der Waals surface area contributed by atoms with Crippen LogP contribution in [0.3, 0.4) is 0 Å². The van der Waals surface area contributed by atoms with E-state index in [0.29, 0.717) is 12.4 Å². The summed E-state index contributed by atoms with van der Waals surface area (Å²) < 4.78 is 38.4. The molecule has 1 aliphatic heterocycles. The van der Waals surface area contributed by atoms with Gasteiger partial charge in [-0.2, -0.15) is 0 Å². The lowest BCUT2D eigenvalue weighted by Crippen LogP contribution is -2.19. The Morgan fingerprint density at radius 2 is 2.00 bits per heavy atom. The monoisotopic (exact) mass is 378 g/mol. The van der Waals surface area contributed by atoms with E-state index in [1.165, 1.54) is 7.11 Å². The van der Waals surface area contributed by atoms with Crippen LogP contribution in [0.15, 0.2) is 35.2 Å². The second kappa shape index (κ2) is 7.88. The summed E-state index contributed by atoms with van der Waals surface area (Å²) in [6.45, 7) is 3.26. The molecule has 1 unspecified atom stereocenters. The van der Waals surface area contributed by atoms with E-state index in [1.54, 1.807) is 30.3 Å². The number of benzene rings is 1. The molecule has 2 aromatic rings. The number of hydrogen-bond acceptors (Lipinski definition) is 7. The van der Waals surface area contributed by atoms with Crippen molar-refractivity contribution in [2.45, 2.75) is 30.8 Å². The molecule has 1 fully saturated rings. The number of anilines is 2. The highest BCUT2D eigenvalue weighted by atomic mass is 32.2. The SMILES string of the molecule is COc1ccc(C)cc1S(=O)(=O)Nc1ccc(NCC2CCCO2)nn1. The molecule has 2 heterocycles. The second-order valence-corrected chi connectivity index (χ2v) is 7.73. The first kappa shape index (κ1) is 18.4. The number of nitrogens with zero attached hydrogens (tertiary/aromatic N) is 2. The number of rotatable bonds is 7. The summed E-state index contributed by atoms with van der Waals surface area (Å²) in [4.78, 5) is 0.0578. The lowest BCUT2D eigenvalue weighted by molar-refractivity contribution is 0.120. The topological polar surface area (TPSA) is 102 Å². The predicted molar refractivity (Wildman–Crippen MR) is 98.0 cm³/mol. The number of sulfonamides is 1. The van der Waals surface area contributed by atoms with Gasteiger partial charge in [-0.3, -0.25) is 4.72 Å². The Hall–Kier alpha value is -2.39. The molecule has 0 amide bonds. The molecule has 1 aromatic heterocycles. The van der Waals surface area contributed by atoms with E-state index >= 15 is 0 Å². The molecular weight excluding hydrogens is 356 g/mol. The number of methoxy groups -OCH3 is 1. The van der Waals surface area contributed by atoms with Crippen LogP contribution in [-0.4, -0.2) is 45.0 Å². The van der Waals surface area contributed by atoms with Crippen molar-refractivity contribution in [2.24, 2.45) is 0 Å². The van der Waals surface area contributed by atoms with Crippen molar-refractivity contribution in [3.8, 4) is 5.75 Å². The van der Waals surface area contributed by atoms with Gasteiger partial charge < -0.3 is 14.8 Å². The molecular formula is C17H22N4O4S. The molecule has 0 aliphatic carbocycles. The van der Waals surface area contributed by atoms with Gasteiger partial charge in [0.2, 0.25) is 0 Å². The van der Waals surface area contributed by atoms with Crippen LogP contribution in [0.4, 0.5) is 11.6 Å². The molecule has 140 valence electrons. The summed E-state index contributed by atoms with van der Waals surface area (Å²) >= 11 is 0. The van der Waals surface area contributed by atoms with E-state index in [4.69, 9.17) is 9.47 Å². The second-order valence-electron chi connectivity index (χ2n) is 6.08. The van der Waals surface area contributed by atoms with Crippen molar-refractivity contribution >= 4 is 21.7 Å². The molecule has 1 atom stereocenters. The minimum atomic E-state index is -3.83. The van der Waals surface area contributed by atoms with Crippen molar-refractivity contribution in [3.63, 3.8) is 0 Å². The summed E-state index contributed by atoms with van der Waals surface area (Å²) in [5.41, 5.74) is 0.811. The largest absolute Gasteiger partial charge is 0.495 e. The van der Waals surface area contributed by atoms with Crippen molar-refractivity contribution < 1.29 is 17.9 Å². The maximum absolute atomic E-state index is 12.6. The van der Waals surface area contributed by atoms with Crippen LogP contribution in [-0.2, 0) is 14.8 Å². The van der Waals surface area contributed by atoms with Crippen LogP contribution in [0, 0.1) is 6.92 Å². The Morgan fingerprint density at radius 3 is 2.65 bits per heavy atom. The van der Waals surface area contributed by atoms with E-state index in [0.717, 1.165) is 25.0 Å². The van der Waals surface area contributed by atoms with Gasteiger partial charge in [-0.1, -0.05) is 6.07 Å². The molecule has 3 rings (SSSR count). The molecule has 9 heteroatoms. The number of hydrogen-bond donors (Lipinski definition) is 2. The van der Waals surface area contributed by atoms with Gasteiger partial charge in [-0.25, -0.2) is 8.42 Å². The average molecular weight is 378 g/mol. The minimum Gasteiger partial charge on any atom is -0.495 e. The summed E-state index contributed by atoms with van der Waals surface area (Å²) in [5.74, 6) is 0.971. The van der Waals surface area contributed by atoms with Gasteiger partial charge in [0.05, 0.1) is 13.2 Å². The summed E-state index contributed by atoms with van der Waals surface area (Å²) in [5, 5.41) is 11.1. The van der Waals surface area contributed by atoms with Crippen LogP contribution in [0.25, 0.3) is 0 Å². The standard InChI is InChI=1S/C17H22N4O4S/c1-12-5-6-14(24-2)15(10-12)26(22,23)21-17-8-7-16(19-20-17)18-11-13-4-3-9-25-13/h5-8,10,13H,3-4,9,11H2,1-2H3,(H,18,19)(H,20,21). The van der Waals surface area contributed by atoms with Crippen LogP contribution >= 0.6 is 0 Å². The fraction of sp³-hybridized carbons (Fsp3) is 0.412. The van der Waals surface area contributed by atoms with Crippen LogP contribution in [0.2, 0.25) is 0 Å². The number of aromatic nitrogens is 2. The summed E-state index contributed by atoms with van der Waals surface area (Å²) in [7, 11) is -2.41. The Bertz CT molecular complexity index is 850. The number of ether oxygens (including phenoxy) is 2. The quantitative estimate of drug-likeness (QED) is 0.761. The van der Waals surface area contributed by atoms with Gasteiger partial charge in [-0.15, -0.1) is 10.2 Å². The zero-order valence-corrected chi connectivity index (χ0v) is 15.5. The molecule has 8 nitrogen and oxygen atoms in total. The van der Waals surface area contributed by atoms with Gasteiger partial charge >= 0.3 is 0 Å². The number of nitrogens with one attached hydrogen (secondary N) is 2. The molecule has 0 bridgehead atoms. The lowest BCUT2D eigenvalue weighted by atomic mass is 10.2. The molecule has 0 saturated carbocycles. The Kier molecular flexibility index (Phi) is 5.58. The zero-order valence-electron chi connectivity index (χ0n) is 14.7. The van der Waals surface area contributed by atoms with E-state index in [2.05, 4.69) is 20.2 Å². The predicted octanol–water partition coefficient (Wildman–Crippen LogP) is 2.19. The van der Waals surface area contributed by atoms with Crippen molar-refractivity contribution in [2.75, 3.05) is 30.3 Å². The highest BCUT2D eigenvalue weighted by molar-refractivity contribution is 7.92. The van der Waals surface area contributed by atoms with E-state index in [-0.39, 0.29) is 22.6 Å². The van der Waals surface area contributed by atoms with Gasteiger partial charge in [0.15, 0.2) is 5.82 Å². The first-order chi connectivity index (χ1) is 12.5. The Labute approximate surface area is 153 Å². The molecule has 1 saturated heterocycles. The summed E-state index contributed by atoms with van der Waals surface area (Å²) in [6, 6.07) is 8.18. The maximum Gasteiger partial charge on any atom is 0.266 e. The highest BCUT2D eigenvalue weighted by Crippen LogP contribution is 2.26. The van der Waals surface area contributed by atoms with Gasteiger partial charge in [0.1, 0.15) is 16.5 Å². The van der Waals surface area contributed by atoms with Gasteiger partial charge in [-0.05, 0) is 49.6 Å². The van der Waals surface area contributed by atoms with Crippen molar-refractivity contribution in [3.05, 3.63) is 35.9 Å². The molecule has 2 N–H and O–H groups in total. The van der Waals surface area contributed by atoms with Crippen LogP contribution in [0.1, 0.15) is 18.4 Å². The summed E-state index contributed by atoms with van der Waals surface area (Å²) in [6.07, 6.45) is 2.28. The Morgan fingerprint density at radius 1 is 1.23 bits per heavy atom. The van der Waals surface area contributed by atoms with Crippen molar-refractivity contribution in [1.82, 2.24) is 10.2 Å². The third-order valence-electron chi connectivity index (χ3n) is 4.05. The third kappa shape index (κ3) is 4.41. The molecule has 0 spiro atoms. The highest BCUT2D eigenvalue weighted by Gasteiger charge is 2.21. The number of aryl methyl sites for hydroxylation is 1.